The monoisotopic (exact) mass is 438 g/mol. The number of benzene rings is 1. The van der Waals surface area contributed by atoms with E-state index >= 15 is 0 Å². The summed E-state index contributed by atoms with van der Waals surface area (Å²) in [5.41, 5.74) is 9.24. The number of ether oxygens (including phenoxy) is 2. The maximum Gasteiger partial charge on any atom is 0.280 e. The number of hydrazine groups is 1. The molecule has 0 fully saturated rings. The van der Waals surface area contributed by atoms with E-state index in [0.29, 0.717) is 12.4 Å². The molecule has 1 atom stereocenters. The van der Waals surface area contributed by atoms with Gasteiger partial charge in [0.05, 0.1) is 12.6 Å². The molecule has 0 aliphatic carbocycles. The number of nitrogens with one attached hydrogen (secondary N) is 2. The predicted molar refractivity (Wildman–Crippen MR) is 122 cm³/mol. The molecule has 8 nitrogen and oxygen atoms in total. The highest BCUT2D eigenvalue weighted by atomic mass is 16.5. The Morgan fingerprint density at radius 3 is 2.50 bits per heavy atom. The minimum Gasteiger partial charge on any atom is -0.484 e. The summed E-state index contributed by atoms with van der Waals surface area (Å²) in [5.74, 6) is -0.688. The highest BCUT2D eigenvalue weighted by Gasteiger charge is 2.16. The van der Waals surface area contributed by atoms with Gasteiger partial charge in [-0.1, -0.05) is 6.07 Å². The Labute approximate surface area is 188 Å². The molecule has 0 radical (unpaired) electrons. The molecule has 1 unspecified atom stereocenters. The van der Waals surface area contributed by atoms with E-state index in [1.165, 1.54) is 6.08 Å². The van der Waals surface area contributed by atoms with Crippen molar-refractivity contribution in [1.29, 1.82) is 5.26 Å². The van der Waals surface area contributed by atoms with E-state index in [0.717, 1.165) is 28.1 Å². The topological polar surface area (TPSA) is 105 Å². The SMILES string of the molecule is COCC(C)n1c(C)cc(/C=C(/C#N)C(=O)NNC(=O)COc2ccc(C)c(C)c2)c1C. The van der Waals surface area contributed by atoms with E-state index in [9.17, 15) is 14.9 Å². The Hall–Kier alpha value is -3.57. The van der Waals surface area contributed by atoms with Crippen molar-refractivity contribution < 1.29 is 19.1 Å². The van der Waals surface area contributed by atoms with Crippen molar-refractivity contribution in [2.75, 3.05) is 20.3 Å². The third-order valence-corrected chi connectivity index (χ3v) is 5.20. The summed E-state index contributed by atoms with van der Waals surface area (Å²) < 4.78 is 12.8. The Bertz CT molecular complexity index is 1060. The van der Waals surface area contributed by atoms with Gasteiger partial charge in [-0.3, -0.25) is 20.4 Å². The van der Waals surface area contributed by atoms with E-state index in [4.69, 9.17) is 9.47 Å². The van der Waals surface area contributed by atoms with E-state index in [1.54, 1.807) is 13.2 Å². The fraction of sp³-hybridized carbons (Fsp3) is 0.375. The summed E-state index contributed by atoms with van der Waals surface area (Å²) in [6, 6.07) is 9.41. The molecular weight excluding hydrogens is 408 g/mol. The average Bonchev–Trinajstić information content (AvgIpc) is 3.04. The molecule has 170 valence electrons. The number of hydrogen-bond donors (Lipinski definition) is 2. The van der Waals surface area contributed by atoms with Crippen molar-refractivity contribution in [3.8, 4) is 11.8 Å². The molecule has 0 aliphatic heterocycles. The standard InChI is InChI=1S/C24H30N4O4/c1-15-7-8-22(9-16(15)2)32-14-23(29)26-27-24(30)21(12-25)11-20-10-17(3)28(19(20)5)18(4)13-31-6/h7-11,18H,13-14H2,1-6H3,(H,26,29)(H,27,30)/b21-11-. The molecule has 32 heavy (non-hydrogen) atoms. The highest BCUT2D eigenvalue weighted by molar-refractivity contribution is 6.02. The molecule has 1 aromatic heterocycles. The molecule has 0 saturated carbocycles. The minimum absolute atomic E-state index is 0.109. The lowest BCUT2D eigenvalue weighted by atomic mass is 10.1. The van der Waals surface area contributed by atoms with Crippen LogP contribution in [-0.4, -0.2) is 36.7 Å². The summed E-state index contributed by atoms with van der Waals surface area (Å²) >= 11 is 0. The first kappa shape index (κ1) is 24.7. The summed E-state index contributed by atoms with van der Waals surface area (Å²) in [7, 11) is 1.64. The van der Waals surface area contributed by atoms with E-state index in [-0.39, 0.29) is 18.2 Å². The van der Waals surface area contributed by atoms with Gasteiger partial charge in [0.2, 0.25) is 0 Å². The van der Waals surface area contributed by atoms with Crippen LogP contribution >= 0.6 is 0 Å². The highest BCUT2D eigenvalue weighted by Crippen LogP contribution is 2.23. The average molecular weight is 439 g/mol. The number of nitriles is 1. The number of carbonyl (C=O) groups is 2. The molecule has 0 saturated heterocycles. The van der Waals surface area contributed by atoms with E-state index < -0.39 is 11.8 Å². The zero-order valence-electron chi connectivity index (χ0n) is 19.4. The normalized spacial score (nSPS) is 12.1. The molecule has 2 aromatic rings. The first-order valence-corrected chi connectivity index (χ1v) is 10.3. The van der Waals surface area contributed by atoms with Crippen LogP contribution in [0.3, 0.4) is 0 Å². The Balaban J connectivity index is 2.00. The van der Waals surface area contributed by atoms with Gasteiger partial charge in [0, 0.05) is 18.5 Å². The van der Waals surface area contributed by atoms with Gasteiger partial charge in [-0.15, -0.1) is 0 Å². The van der Waals surface area contributed by atoms with Crippen LogP contribution in [0.1, 0.15) is 41.0 Å². The number of carbonyl (C=O) groups excluding carboxylic acids is 2. The van der Waals surface area contributed by atoms with Crippen molar-refractivity contribution in [2.24, 2.45) is 0 Å². The molecule has 2 rings (SSSR count). The molecule has 8 heteroatoms. The van der Waals surface area contributed by atoms with Gasteiger partial charge < -0.3 is 14.0 Å². The smallest absolute Gasteiger partial charge is 0.280 e. The van der Waals surface area contributed by atoms with Crippen LogP contribution in [-0.2, 0) is 14.3 Å². The van der Waals surface area contributed by atoms with Gasteiger partial charge in [-0.05, 0) is 75.6 Å². The van der Waals surface area contributed by atoms with Gasteiger partial charge in [0.1, 0.15) is 17.4 Å². The van der Waals surface area contributed by atoms with Crippen LogP contribution in [0.15, 0.2) is 29.8 Å². The quantitative estimate of drug-likeness (QED) is 0.374. The minimum atomic E-state index is -0.707. The van der Waals surface area contributed by atoms with Gasteiger partial charge >= 0.3 is 0 Å². The molecule has 1 aromatic carbocycles. The first-order chi connectivity index (χ1) is 15.2. The number of rotatable bonds is 8. The Kier molecular flexibility index (Phi) is 8.62. The van der Waals surface area contributed by atoms with Gasteiger partial charge in [0.15, 0.2) is 6.61 Å². The van der Waals surface area contributed by atoms with Gasteiger partial charge in [-0.25, -0.2) is 0 Å². The molecule has 0 spiro atoms. The van der Waals surface area contributed by atoms with Crippen LogP contribution in [0.2, 0.25) is 0 Å². The molecule has 0 bridgehead atoms. The fourth-order valence-corrected chi connectivity index (χ4v) is 3.43. The molecule has 2 amide bonds. The van der Waals surface area contributed by atoms with Crippen molar-refractivity contribution in [3.63, 3.8) is 0 Å². The zero-order valence-corrected chi connectivity index (χ0v) is 19.4. The van der Waals surface area contributed by atoms with Crippen molar-refractivity contribution in [3.05, 3.63) is 57.9 Å². The number of amides is 2. The summed E-state index contributed by atoms with van der Waals surface area (Å²) in [6.45, 7) is 10.1. The molecule has 2 N–H and O–H groups in total. The predicted octanol–water partition coefficient (Wildman–Crippen LogP) is 3.06. The van der Waals surface area contributed by atoms with Crippen LogP contribution in [0, 0.1) is 39.0 Å². The van der Waals surface area contributed by atoms with Crippen LogP contribution in [0.4, 0.5) is 0 Å². The second-order valence-corrected chi connectivity index (χ2v) is 7.71. The molecular formula is C24H30N4O4. The number of nitrogens with zero attached hydrogens (tertiary/aromatic N) is 2. The van der Waals surface area contributed by atoms with E-state index in [1.807, 2.05) is 58.9 Å². The lowest BCUT2D eigenvalue weighted by Crippen LogP contribution is -2.44. The summed E-state index contributed by atoms with van der Waals surface area (Å²) in [4.78, 5) is 24.4. The second kappa shape index (κ2) is 11.2. The maximum atomic E-state index is 12.4. The fourth-order valence-electron chi connectivity index (χ4n) is 3.43. The summed E-state index contributed by atoms with van der Waals surface area (Å²) in [6.07, 6.45) is 1.51. The number of hydrogen-bond acceptors (Lipinski definition) is 5. The van der Waals surface area contributed by atoms with Crippen LogP contribution < -0.4 is 15.6 Å². The van der Waals surface area contributed by atoms with Gasteiger partial charge in [0.25, 0.3) is 11.8 Å². The lowest BCUT2D eigenvalue weighted by Gasteiger charge is -2.17. The van der Waals surface area contributed by atoms with Crippen LogP contribution in [0.25, 0.3) is 6.08 Å². The van der Waals surface area contributed by atoms with Crippen molar-refractivity contribution in [1.82, 2.24) is 15.4 Å². The Morgan fingerprint density at radius 1 is 1.16 bits per heavy atom. The van der Waals surface area contributed by atoms with Crippen molar-refractivity contribution in [2.45, 2.75) is 40.7 Å². The first-order valence-electron chi connectivity index (χ1n) is 10.3. The zero-order chi connectivity index (χ0) is 23.8. The third kappa shape index (κ3) is 6.22. The van der Waals surface area contributed by atoms with Crippen molar-refractivity contribution >= 4 is 17.9 Å². The molecule has 0 aliphatic rings. The maximum absolute atomic E-state index is 12.4. The number of aromatic nitrogens is 1. The lowest BCUT2D eigenvalue weighted by molar-refractivity contribution is -0.128. The van der Waals surface area contributed by atoms with Gasteiger partial charge in [-0.2, -0.15) is 5.26 Å². The Morgan fingerprint density at radius 2 is 1.88 bits per heavy atom. The molecule has 1 heterocycles. The number of methoxy groups -OCH3 is 1. The number of aryl methyl sites for hydroxylation is 3. The largest absolute Gasteiger partial charge is 0.484 e. The van der Waals surface area contributed by atoms with E-state index in [2.05, 4.69) is 15.4 Å². The second-order valence-electron chi connectivity index (χ2n) is 7.71. The summed E-state index contributed by atoms with van der Waals surface area (Å²) in [5, 5.41) is 9.44. The van der Waals surface area contributed by atoms with Crippen LogP contribution in [0.5, 0.6) is 5.75 Å². The third-order valence-electron chi connectivity index (χ3n) is 5.20.